The molecule has 0 rings (SSSR count). The fourth-order valence-electron chi connectivity index (χ4n) is 0.949. The number of hydrogen-bond donors (Lipinski definition) is 0. The van der Waals surface area contributed by atoms with Gasteiger partial charge in [0.25, 0.3) is 0 Å². The summed E-state index contributed by atoms with van der Waals surface area (Å²) >= 11 is 0. The summed E-state index contributed by atoms with van der Waals surface area (Å²) < 4.78 is 34.0. The molecule has 0 radical (unpaired) electrons. The Bertz CT molecular complexity index is 531. The Morgan fingerprint density at radius 3 is 1.70 bits per heavy atom. The molecular formula is C17H34N2O7S. The van der Waals surface area contributed by atoms with Crippen LogP contribution in [0.3, 0.4) is 0 Å². The van der Waals surface area contributed by atoms with E-state index in [1.54, 1.807) is 34.9 Å². The van der Waals surface area contributed by atoms with Crippen LogP contribution in [0.4, 0.5) is 0 Å². The van der Waals surface area contributed by atoms with Crippen LogP contribution in [-0.4, -0.2) is 84.7 Å². The van der Waals surface area contributed by atoms with Crippen LogP contribution >= 0.6 is 0 Å². The number of nitrogens with zero attached hydrogens (tertiary/aromatic N) is 2. The first kappa shape index (κ1) is 30.0. The van der Waals surface area contributed by atoms with Crippen LogP contribution in [-0.2, 0) is 33.1 Å². The van der Waals surface area contributed by atoms with E-state index in [1.807, 2.05) is 19.0 Å². The highest BCUT2D eigenvalue weighted by atomic mass is 32.3. The largest absolute Gasteiger partial charge is 0.461 e. The molecular weight excluding hydrogens is 376 g/mol. The Hall–Kier alpha value is -1.75. The van der Waals surface area contributed by atoms with Crippen molar-refractivity contribution in [3.8, 4) is 0 Å². The third-order valence-corrected chi connectivity index (χ3v) is 3.31. The molecule has 0 spiro atoms. The fraction of sp³-hybridized carbons (Fsp3) is 0.647. The van der Waals surface area contributed by atoms with Crippen LogP contribution in [0.25, 0.3) is 0 Å². The quantitative estimate of drug-likeness (QED) is 0.413. The van der Waals surface area contributed by atoms with Crippen molar-refractivity contribution in [2.24, 2.45) is 0 Å². The lowest BCUT2D eigenvalue weighted by Crippen LogP contribution is -2.20. The second-order valence-electron chi connectivity index (χ2n) is 5.38. The molecule has 1 amide bonds. The highest BCUT2D eigenvalue weighted by molar-refractivity contribution is 7.81. The summed E-state index contributed by atoms with van der Waals surface area (Å²) in [6.07, 6.45) is 1.28. The molecule has 0 N–H and O–H groups in total. The lowest BCUT2D eigenvalue weighted by atomic mass is 10.4. The van der Waals surface area contributed by atoms with Crippen molar-refractivity contribution < 1.29 is 31.1 Å². The monoisotopic (exact) mass is 410 g/mol. The summed E-state index contributed by atoms with van der Waals surface area (Å²) in [4.78, 5) is 24.5. The number of carbonyl (C=O) groups is 2. The number of esters is 1. The summed E-state index contributed by atoms with van der Waals surface area (Å²) in [5, 5.41) is 0. The topological polar surface area (TPSA) is 102 Å². The van der Waals surface area contributed by atoms with Gasteiger partial charge in [-0.1, -0.05) is 13.2 Å². The molecule has 10 heteroatoms. The molecule has 0 aliphatic heterocycles. The van der Waals surface area contributed by atoms with Gasteiger partial charge in [-0.25, -0.2) is 13.2 Å². The van der Waals surface area contributed by atoms with Crippen LogP contribution in [0, 0.1) is 0 Å². The maximum absolute atomic E-state index is 10.8. The van der Waals surface area contributed by atoms with Gasteiger partial charge in [-0.3, -0.25) is 4.79 Å². The minimum atomic E-state index is -3.68. The van der Waals surface area contributed by atoms with Gasteiger partial charge in [0.15, 0.2) is 0 Å². The van der Waals surface area contributed by atoms with Gasteiger partial charge in [0.05, 0.1) is 13.2 Å². The molecule has 9 nitrogen and oxygen atoms in total. The summed E-state index contributed by atoms with van der Waals surface area (Å²) in [6, 6.07) is 0. The van der Waals surface area contributed by atoms with Gasteiger partial charge in [0.1, 0.15) is 6.61 Å². The smallest absolute Gasteiger partial charge is 0.399 e. The van der Waals surface area contributed by atoms with E-state index in [0.29, 0.717) is 12.2 Å². The van der Waals surface area contributed by atoms with E-state index < -0.39 is 10.4 Å². The van der Waals surface area contributed by atoms with Crippen molar-refractivity contribution in [3.05, 3.63) is 24.8 Å². The molecule has 0 atom stereocenters. The number of ether oxygens (including phenoxy) is 1. The lowest BCUT2D eigenvalue weighted by Gasteiger charge is -2.09. The molecule has 0 saturated heterocycles. The van der Waals surface area contributed by atoms with E-state index in [4.69, 9.17) is 4.74 Å². The molecule has 0 heterocycles. The first-order chi connectivity index (χ1) is 12.3. The average Bonchev–Trinajstić information content (AvgIpc) is 2.54. The van der Waals surface area contributed by atoms with Crippen molar-refractivity contribution in [1.82, 2.24) is 9.80 Å². The van der Waals surface area contributed by atoms with E-state index in [-0.39, 0.29) is 25.1 Å². The van der Waals surface area contributed by atoms with Crippen LogP contribution in [0.2, 0.25) is 0 Å². The highest BCUT2D eigenvalue weighted by Crippen LogP contribution is 1.93. The summed E-state index contributed by atoms with van der Waals surface area (Å²) in [5.41, 5.74) is 0.448. The van der Waals surface area contributed by atoms with E-state index in [0.717, 1.165) is 6.54 Å². The van der Waals surface area contributed by atoms with Gasteiger partial charge in [0, 0.05) is 26.2 Å². The molecule has 0 bridgehead atoms. The normalized spacial score (nSPS) is 9.93. The van der Waals surface area contributed by atoms with Gasteiger partial charge in [-0.05, 0) is 40.9 Å². The third kappa shape index (κ3) is 24.2. The Labute approximate surface area is 163 Å². The van der Waals surface area contributed by atoms with Gasteiger partial charge in [-0.2, -0.15) is 8.42 Å². The molecule has 0 aliphatic carbocycles. The SMILES string of the molecule is C=C(C)C(=O)OCCN(C)C.C=CC(=O)N(C)C.CCOS(=O)(=O)OCC. The van der Waals surface area contributed by atoms with Crippen molar-refractivity contribution >= 4 is 22.3 Å². The minimum Gasteiger partial charge on any atom is -0.461 e. The maximum Gasteiger partial charge on any atom is 0.399 e. The van der Waals surface area contributed by atoms with Crippen molar-refractivity contribution in [1.29, 1.82) is 0 Å². The Balaban J connectivity index is -0.000000329. The fourth-order valence-corrected chi connectivity index (χ4v) is 1.59. The van der Waals surface area contributed by atoms with Gasteiger partial charge < -0.3 is 14.5 Å². The predicted molar refractivity (Wildman–Crippen MR) is 105 cm³/mol. The molecule has 27 heavy (non-hydrogen) atoms. The lowest BCUT2D eigenvalue weighted by molar-refractivity contribution is -0.139. The first-order valence-electron chi connectivity index (χ1n) is 8.19. The number of carbonyl (C=O) groups excluding carboxylic acids is 2. The average molecular weight is 411 g/mol. The number of hydrogen-bond acceptors (Lipinski definition) is 8. The highest BCUT2D eigenvalue weighted by Gasteiger charge is 2.07. The molecule has 0 aromatic carbocycles. The van der Waals surface area contributed by atoms with E-state index >= 15 is 0 Å². The maximum atomic E-state index is 10.8. The number of amides is 1. The van der Waals surface area contributed by atoms with Crippen LogP contribution in [0.15, 0.2) is 24.8 Å². The van der Waals surface area contributed by atoms with Crippen LogP contribution < -0.4 is 0 Å². The van der Waals surface area contributed by atoms with Gasteiger partial charge >= 0.3 is 16.4 Å². The zero-order valence-corrected chi connectivity index (χ0v) is 18.3. The number of rotatable bonds is 9. The zero-order valence-electron chi connectivity index (χ0n) is 17.5. The second kappa shape index (κ2) is 17.7. The van der Waals surface area contributed by atoms with Crippen molar-refractivity contribution in [3.63, 3.8) is 0 Å². The van der Waals surface area contributed by atoms with E-state index in [9.17, 15) is 18.0 Å². The molecule has 0 aromatic rings. The summed E-state index contributed by atoms with van der Waals surface area (Å²) in [7, 11) is 3.54. The Kier molecular flexibility index (Phi) is 19.6. The van der Waals surface area contributed by atoms with Crippen LogP contribution in [0.5, 0.6) is 0 Å². The molecule has 0 aromatic heterocycles. The molecule has 0 saturated carbocycles. The standard InChI is InChI=1S/C8H15NO2.C5H9NO.C4H10O4S/c1-7(2)8(10)11-6-5-9(3)4;1-4-5(7)6(2)3;1-3-7-9(5,6)8-4-2/h1,5-6H2,2-4H3;4H,1H2,2-3H3;3-4H2,1-2H3. The van der Waals surface area contributed by atoms with Gasteiger partial charge in [0.2, 0.25) is 5.91 Å². The minimum absolute atomic E-state index is 0.0556. The molecule has 160 valence electrons. The predicted octanol–water partition coefficient (Wildman–Crippen LogP) is 1.23. The van der Waals surface area contributed by atoms with Crippen molar-refractivity contribution in [2.75, 3.05) is 54.6 Å². The Morgan fingerprint density at radius 1 is 1.04 bits per heavy atom. The van der Waals surface area contributed by atoms with Crippen molar-refractivity contribution in [2.45, 2.75) is 20.8 Å². The molecule has 0 fully saturated rings. The van der Waals surface area contributed by atoms with Crippen LogP contribution in [0.1, 0.15) is 20.8 Å². The summed E-state index contributed by atoms with van der Waals surface area (Å²) in [6.45, 7) is 13.0. The van der Waals surface area contributed by atoms with Gasteiger partial charge in [-0.15, -0.1) is 0 Å². The molecule has 0 aliphatic rings. The van der Waals surface area contributed by atoms with E-state index in [1.165, 1.54) is 11.0 Å². The van der Waals surface area contributed by atoms with E-state index in [2.05, 4.69) is 21.5 Å². The third-order valence-electron chi connectivity index (χ3n) is 2.26. The zero-order chi connectivity index (χ0) is 22.0. The first-order valence-corrected chi connectivity index (χ1v) is 9.52. The summed E-state index contributed by atoms with van der Waals surface area (Å²) in [5.74, 6) is -0.369. The number of likely N-dealkylation sites (N-methyl/N-ethyl adjacent to an activating group) is 2. The second-order valence-corrected chi connectivity index (χ2v) is 6.67. The molecule has 0 unspecified atom stereocenters. The Morgan fingerprint density at radius 2 is 1.48 bits per heavy atom.